The average Bonchev–Trinajstić information content (AvgIpc) is 2.68. The van der Waals surface area contributed by atoms with Crippen molar-refractivity contribution >= 4 is 11.5 Å². The molecule has 1 fully saturated rings. The van der Waals surface area contributed by atoms with E-state index in [4.69, 9.17) is 9.47 Å². The highest BCUT2D eigenvalue weighted by Gasteiger charge is 2.21. The number of hydrogen-bond donors (Lipinski definition) is 0. The van der Waals surface area contributed by atoms with Gasteiger partial charge in [-0.2, -0.15) is 0 Å². The van der Waals surface area contributed by atoms with Gasteiger partial charge in [0.05, 0.1) is 26.5 Å². The Bertz CT molecular complexity index is 707. The van der Waals surface area contributed by atoms with Crippen molar-refractivity contribution in [3.05, 3.63) is 54.1 Å². The number of anilines is 1. The van der Waals surface area contributed by atoms with Gasteiger partial charge in [0.15, 0.2) is 5.78 Å². The summed E-state index contributed by atoms with van der Waals surface area (Å²) in [7, 11) is 3.32. The van der Waals surface area contributed by atoms with Crippen LogP contribution in [0.25, 0.3) is 0 Å². The van der Waals surface area contributed by atoms with E-state index in [1.165, 1.54) is 0 Å². The van der Waals surface area contributed by atoms with E-state index in [1.54, 1.807) is 14.2 Å². The van der Waals surface area contributed by atoms with E-state index in [1.807, 2.05) is 42.5 Å². The van der Waals surface area contributed by atoms with Crippen molar-refractivity contribution in [2.24, 2.45) is 0 Å². The minimum absolute atomic E-state index is 0.147. The molecule has 132 valence electrons. The van der Waals surface area contributed by atoms with E-state index < -0.39 is 0 Å². The summed E-state index contributed by atoms with van der Waals surface area (Å²) in [6.07, 6.45) is 0. The molecule has 0 unspecified atom stereocenters. The summed E-state index contributed by atoms with van der Waals surface area (Å²) in [6.45, 7) is 3.94. The number of hydrogen-bond acceptors (Lipinski definition) is 5. The fraction of sp³-hybridized carbons (Fsp3) is 0.350. The summed E-state index contributed by atoms with van der Waals surface area (Å²) in [5.41, 5.74) is 1.85. The van der Waals surface area contributed by atoms with Gasteiger partial charge in [-0.25, -0.2) is 0 Å². The molecule has 25 heavy (non-hydrogen) atoms. The second-order valence-electron chi connectivity index (χ2n) is 6.09. The van der Waals surface area contributed by atoms with Crippen LogP contribution in [0.2, 0.25) is 0 Å². The number of para-hydroxylation sites is 2. The molecule has 0 radical (unpaired) electrons. The van der Waals surface area contributed by atoms with Crippen LogP contribution >= 0.6 is 0 Å². The van der Waals surface area contributed by atoms with Gasteiger partial charge in [0.1, 0.15) is 11.5 Å². The molecule has 0 aromatic heterocycles. The first kappa shape index (κ1) is 17.3. The maximum absolute atomic E-state index is 12.4. The predicted octanol–water partition coefficient (Wildman–Crippen LogP) is 2.71. The molecule has 5 heteroatoms. The highest BCUT2D eigenvalue weighted by molar-refractivity contribution is 5.97. The van der Waals surface area contributed by atoms with Crippen LogP contribution in [0.15, 0.2) is 48.5 Å². The molecular weight excluding hydrogens is 316 g/mol. The second kappa shape index (κ2) is 8.03. The van der Waals surface area contributed by atoms with Crippen molar-refractivity contribution < 1.29 is 14.3 Å². The van der Waals surface area contributed by atoms with Crippen molar-refractivity contribution in [2.75, 3.05) is 51.8 Å². The predicted molar refractivity (Wildman–Crippen MR) is 99.0 cm³/mol. The number of Topliss-reactive ketones (excluding diaryl/α,β-unsaturated/α-hetero) is 1. The zero-order valence-corrected chi connectivity index (χ0v) is 14.8. The van der Waals surface area contributed by atoms with Crippen LogP contribution in [0.5, 0.6) is 11.5 Å². The van der Waals surface area contributed by atoms with E-state index in [2.05, 4.69) is 15.9 Å². The lowest BCUT2D eigenvalue weighted by atomic mass is 10.1. The van der Waals surface area contributed by atoms with Gasteiger partial charge in [-0.05, 0) is 36.4 Å². The topological polar surface area (TPSA) is 42.0 Å². The molecule has 5 nitrogen and oxygen atoms in total. The summed E-state index contributed by atoms with van der Waals surface area (Å²) in [4.78, 5) is 17.0. The Morgan fingerprint density at radius 3 is 2.24 bits per heavy atom. The first-order valence-corrected chi connectivity index (χ1v) is 8.49. The molecule has 0 spiro atoms. The van der Waals surface area contributed by atoms with Gasteiger partial charge in [0.25, 0.3) is 0 Å². The fourth-order valence-electron chi connectivity index (χ4n) is 3.11. The molecule has 1 aliphatic heterocycles. The van der Waals surface area contributed by atoms with Crippen LogP contribution in [0.4, 0.5) is 5.69 Å². The molecular formula is C20H24N2O3. The maximum atomic E-state index is 12.4. The zero-order valence-electron chi connectivity index (χ0n) is 14.8. The Morgan fingerprint density at radius 1 is 0.920 bits per heavy atom. The highest BCUT2D eigenvalue weighted by Crippen LogP contribution is 2.28. The third-order valence-electron chi connectivity index (χ3n) is 4.58. The molecule has 1 saturated heterocycles. The molecule has 0 N–H and O–H groups in total. The molecule has 2 aromatic carbocycles. The normalized spacial score (nSPS) is 15.0. The quantitative estimate of drug-likeness (QED) is 0.757. The molecule has 0 amide bonds. The van der Waals surface area contributed by atoms with Crippen LogP contribution in [0.1, 0.15) is 10.4 Å². The SMILES string of the molecule is COc1ccc(C(=O)CN2CCN(c3ccccc3OC)CC2)cc1. The Kier molecular flexibility index (Phi) is 5.56. The number of piperazine rings is 1. The number of ketones is 1. The van der Waals surface area contributed by atoms with Gasteiger partial charge >= 0.3 is 0 Å². The summed E-state index contributed by atoms with van der Waals surface area (Å²) in [5.74, 6) is 1.81. The largest absolute Gasteiger partial charge is 0.497 e. The average molecular weight is 340 g/mol. The van der Waals surface area contributed by atoms with Crippen LogP contribution in [-0.2, 0) is 0 Å². The molecule has 3 rings (SSSR count). The number of carbonyl (C=O) groups excluding carboxylic acids is 1. The van der Waals surface area contributed by atoms with Gasteiger partial charge in [0, 0.05) is 31.7 Å². The molecule has 1 heterocycles. The zero-order chi connectivity index (χ0) is 17.6. The van der Waals surface area contributed by atoms with E-state index in [-0.39, 0.29) is 5.78 Å². The number of nitrogens with zero attached hydrogens (tertiary/aromatic N) is 2. The lowest BCUT2D eigenvalue weighted by molar-refractivity contribution is 0.0926. The molecule has 2 aromatic rings. The minimum Gasteiger partial charge on any atom is -0.497 e. The van der Waals surface area contributed by atoms with Gasteiger partial charge in [0.2, 0.25) is 0 Å². The molecule has 0 atom stereocenters. The van der Waals surface area contributed by atoms with E-state index >= 15 is 0 Å². The number of rotatable bonds is 6. The van der Waals surface area contributed by atoms with Crippen LogP contribution in [0, 0.1) is 0 Å². The summed E-state index contributed by atoms with van der Waals surface area (Å²) < 4.78 is 10.6. The van der Waals surface area contributed by atoms with Crippen molar-refractivity contribution in [1.82, 2.24) is 4.90 Å². The number of methoxy groups -OCH3 is 2. The molecule has 1 aliphatic rings. The van der Waals surface area contributed by atoms with Crippen molar-refractivity contribution in [3.63, 3.8) is 0 Å². The maximum Gasteiger partial charge on any atom is 0.176 e. The monoisotopic (exact) mass is 340 g/mol. The van der Waals surface area contributed by atoms with Crippen molar-refractivity contribution in [1.29, 1.82) is 0 Å². The Labute approximate surface area is 148 Å². The number of carbonyl (C=O) groups is 1. The van der Waals surface area contributed by atoms with Gasteiger partial charge in [-0.1, -0.05) is 12.1 Å². The van der Waals surface area contributed by atoms with Gasteiger partial charge in [-0.15, -0.1) is 0 Å². The third-order valence-corrected chi connectivity index (χ3v) is 4.58. The van der Waals surface area contributed by atoms with Crippen molar-refractivity contribution in [3.8, 4) is 11.5 Å². The first-order chi connectivity index (χ1) is 12.2. The minimum atomic E-state index is 0.147. The number of benzene rings is 2. The van der Waals surface area contributed by atoms with Crippen molar-refractivity contribution in [2.45, 2.75) is 0 Å². The number of ether oxygens (including phenoxy) is 2. The van der Waals surface area contributed by atoms with Gasteiger partial charge < -0.3 is 14.4 Å². The second-order valence-corrected chi connectivity index (χ2v) is 6.09. The molecule has 0 aliphatic carbocycles. The van der Waals surface area contributed by atoms with E-state index in [0.29, 0.717) is 6.54 Å². The van der Waals surface area contributed by atoms with E-state index in [0.717, 1.165) is 48.9 Å². The lowest BCUT2D eigenvalue weighted by Gasteiger charge is -2.36. The Balaban J connectivity index is 1.56. The van der Waals surface area contributed by atoms with E-state index in [9.17, 15) is 4.79 Å². The van der Waals surface area contributed by atoms with Crippen LogP contribution in [0.3, 0.4) is 0 Å². The standard InChI is InChI=1S/C20H24N2O3/c1-24-17-9-7-16(8-10-17)19(23)15-21-11-13-22(14-12-21)18-5-3-4-6-20(18)25-2/h3-10H,11-15H2,1-2H3. The Morgan fingerprint density at radius 2 is 1.60 bits per heavy atom. The summed E-state index contributed by atoms with van der Waals surface area (Å²) in [6, 6.07) is 15.4. The third kappa shape index (κ3) is 4.12. The van der Waals surface area contributed by atoms with Crippen LogP contribution in [-0.4, -0.2) is 57.6 Å². The van der Waals surface area contributed by atoms with Gasteiger partial charge in [-0.3, -0.25) is 9.69 Å². The highest BCUT2D eigenvalue weighted by atomic mass is 16.5. The smallest absolute Gasteiger partial charge is 0.176 e. The first-order valence-electron chi connectivity index (χ1n) is 8.49. The molecule has 0 saturated carbocycles. The fourth-order valence-corrected chi connectivity index (χ4v) is 3.11. The van der Waals surface area contributed by atoms with Crippen LogP contribution < -0.4 is 14.4 Å². The summed E-state index contributed by atoms with van der Waals surface area (Å²) in [5, 5.41) is 0. The molecule has 0 bridgehead atoms. The Hall–Kier alpha value is -2.53. The lowest BCUT2D eigenvalue weighted by Crippen LogP contribution is -2.48. The summed E-state index contributed by atoms with van der Waals surface area (Å²) >= 11 is 0.